The first-order valence-corrected chi connectivity index (χ1v) is 7.00. The molecule has 0 spiro atoms. The van der Waals surface area contributed by atoms with Crippen molar-refractivity contribution < 1.29 is 14.1 Å². The van der Waals surface area contributed by atoms with E-state index in [1.807, 2.05) is 30.3 Å². The third kappa shape index (κ3) is 3.46. The van der Waals surface area contributed by atoms with Crippen LogP contribution in [0.4, 0.5) is 5.69 Å². The van der Waals surface area contributed by atoms with Crippen molar-refractivity contribution in [3.8, 4) is 17.5 Å². The molecule has 0 unspecified atom stereocenters. The number of nitrogens with zero attached hydrogens (tertiary/aromatic N) is 4. The maximum absolute atomic E-state index is 11.7. The molecular weight excluding hydrogens is 316 g/mol. The normalized spacial score (nSPS) is 10.5. The predicted molar refractivity (Wildman–Crippen MR) is 82.6 cm³/mol. The second-order valence-electron chi connectivity index (χ2n) is 4.76. The van der Waals surface area contributed by atoms with Crippen LogP contribution in [0.3, 0.4) is 0 Å². The molecule has 9 heteroatoms. The number of ether oxygens (including phenoxy) is 1. The highest BCUT2D eigenvalue weighted by molar-refractivity contribution is 5.51. The highest BCUT2D eigenvalue weighted by atomic mass is 16.6. The molecule has 9 nitrogen and oxygen atoms in total. The molecule has 0 amide bonds. The number of rotatable bonds is 6. The minimum absolute atomic E-state index is 0.0349. The van der Waals surface area contributed by atoms with Gasteiger partial charge in [-0.25, -0.2) is 0 Å². The van der Waals surface area contributed by atoms with Crippen molar-refractivity contribution in [1.29, 1.82) is 0 Å². The summed E-state index contributed by atoms with van der Waals surface area (Å²) in [5.41, 5.74) is 0.230. The zero-order valence-corrected chi connectivity index (χ0v) is 12.4. The van der Waals surface area contributed by atoms with Crippen molar-refractivity contribution in [3.05, 3.63) is 69.1 Å². The Labute approximate surface area is 135 Å². The smallest absolute Gasteiger partial charge is 0.414 e. The van der Waals surface area contributed by atoms with Gasteiger partial charge in [0.2, 0.25) is 0 Å². The number of hydrogen-bond acceptors (Lipinski definition) is 7. The van der Waals surface area contributed by atoms with Crippen LogP contribution in [0.5, 0.6) is 6.08 Å². The van der Waals surface area contributed by atoms with Crippen molar-refractivity contribution in [2.75, 3.05) is 6.61 Å². The van der Waals surface area contributed by atoms with Gasteiger partial charge in [0, 0.05) is 17.7 Å². The predicted octanol–water partition coefficient (Wildman–Crippen LogP) is 1.89. The van der Waals surface area contributed by atoms with E-state index in [9.17, 15) is 14.9 Å². The Morgan fingerprint density at radius 1 is 1.17 bits per heavy atom. The summed E-state index contributed by atoms with van der Waals surface area (Å²) in [4.78, 5) is 21.8. The molecular formula is C15H12N4O5. The van der Waals surface area contributed by atoms with Crippen LogP contribution in [0.1, 0.15) is 0 Å². The third-order valence-electron chi connectivity index (χ3n) is 3.16. The second-order valence-corrected chi connectivity index (χ2v) is 4.76. The van der Waals surface area contributed by atoms with E-state index in [0.29, 0.717) is 5.89 Å². The van der Waals surface area contributed by atoms with E-state index in [4.69, 9.17) is 9.15 Å². The van der Waals surface area contributed by atoms with Gasteiger partial charge in [-0.1, -0.05) is 23.3 Å². The number of benzene rings is 1. The Hall–Kier alpha value is -3.49. The lowest BCUT2D eigenvalue weighted by Gasteiger charge is -2.04. The third-order valence-corrected chi connectivity index (χ3v) is 3.16. The molecule has 0 fully saturated rings. The lowest BCUT2D eigenvalue weighted by atomic mass is 10.2. The van der Waals surface area contributed by atoms with E-state index >= 15 is 0 Å². The van der Waals surface area contributed by atoms with E-state index in [-0.39, 0.29) is 30.5 Å². The van der Waals surface area contributed by atoms with Gasteiger partial charge in [-0.3, -0.25) is 14.9 Å². The Morgan fingerprint density at radius 3 is 2.71 bits per heavy atom. The van der Waals surface area contributed by atoms with Crippen molar-refractivity contribution in [2.45, 2.75) is 6.54 Å². The Bertz CT molecular complexity index is 903. The van der Waals surface area contributed by atoms with Crippen LogP contribution in [0.2, 0.25) is 0 Å². The molecule has 0 aliphatic heterocycles. The van der Waals surface area contributed by atoms with Crippen molar-refractivity contribution >= 4 is 5.69 Å². The SMILES string of the molecule is O=c1ccc([N+](=O)[O-])cn1CCOc1nnc(-c2ccccc2)o1. The van der Waals surface area contributed by atoms with Crippen molar-refractivity contribution in [3.63, 3.8) is 0 Å². The minimum atomic E-state index is -0.569. The van der Waals surface area contributed by atoms with Crippen LogP contribution in [-0.2, 0) is 6.54 Å². The lowest BCUT2D eigenvalue weighted by molar-refractivity contribution is -0.385. The summed E-state index contributed by atoms with van der Waals surface area (Å²) in [6, 6.07) is 11.5. The molecule has 1 aromatic carbocycles. The van der Waals surface area contributed by atoms with Gasteiger partial charge in [0.1, 0.15) is 6.61 Å². The van der Waals surface area contributed by atoms with E-state index in [1.165, 1.54) is 4.57 Å². The van der Waals surface area contributed by atoms with Gasteiger partial charge in [-0.15, -0.1) is 5.10 Å². The molecule has 0 radical (unpaired) electrons. The van der Waals surface area contributed by atoms with E-state index < -0.39 is 4.92 Å². The minimum Gasteiger partial charge on any atom is -0.447 e. The molecule has 2 aromatic heterocycles. The number of pyridine rings is 1. The topological polar surface area (TPSA) is 113 Å². The highest BCUT2D eigenvalue weighted by Gasteiger charge is 2.10. The van der Waals surface area contributed by atoms with Gasteiger partial charge < -0.3 is 13.7 Å². The molecule has 3 rings (SSSR count). The fourth-order valence-electron chi connectivity index (χ4n) is 2.00. The van der Waals surface area contributed by atoms with E-state index in [0.717, 1.165) is 23.9 Å². The summed E-state index contributed by atoms with van der Waals surface area (Å²) in [6.07, 6.45) is 1.13. The van der Waals surface area contributed by atoms with Gasteiger partial charge in [0.05, 0.1) is 17.7 Å². The summed E-state index contributed by atoms with van der Waals surface area (Å²) in [6.45, 7) is 0.168. The standard InChI is InChI=1S/C15H12N4O5/c20-13-7-6-12(19(21)22)10-18(13)8-9-23-15-17-16-14(24-15)11-4-2-1-3-5-11/h1-7,10H,8-9H2. The summed E-state index contributed by atoms with van der Waals surface area (Å²) >= 11 is 0. The fourth-order valence-corrected chi connectivity index (χ4v) is 2.00. The number of hydrogen-bond donors (Lipinski definition) is 0. The molecule has 122 valence electrons. The average Bonchev–Trinajstić information content (AvgIpc) is 3.06. The molecule has 3 aromatic rings. The fraction of sp³-hybridized carbons (Fsp3) is 0.133. The quantitative estimate of drug-likeness (QED) is 0.501. The Balaban J connectivity index is 1.63. The van der Waals surface area contributed by atoms with Crippen LogP contribution < -0.4 is 10.3 Å². The Morgan fingerprint density at radius 2 is 1.96 bits per heavy atom. The van der Waals surface area contributed by atoms with Crippen LogP contribution >= 0.6 is 0 Å². The monoisotopic (exact) mass is 328 g/mol. The average molecular weight is 328 g/mol. The maximum Gasteiger partial charge on any atom is 0.414 e. The first-order chi connectivity index (χ1) is 11.6. The van der Waals surface area contributed by atoms with Crippen LogP contribution in [0.15, 0.2) is 57.9 Å². The molecule has 0 saturated carbocycles. The second kappa shape index (κ2) is 6.73. The van der Waals surface area contributed by atoms with Crippen LogP contribution in [0, 0.1) is 10.1 Å². The van der Waals surface area contributed by atoms with E-state index in [2.05, 4.69) is 10.2 Å². The van der Waals surface area contributed by atoms with Crippen molar-refractivity contribution in [2.24, 2.45) is 0 Å². The van der Waals surface area contributed by atoms with Gasteiger partial charge in [-0.05, 0) is 12.1 Å². The molecule has 0 N–H and O–H groups in total. The summed E-state index contributed by atoms with van der Waals surface area (Å²) in [5, 5.41) is 18.3. The Kier molecular flexibility index (Phi) is 4.32. The van der Waals surface area contributed by atoms with Crippen LogP contribution in [-0.4, -0.2) is 26.3 Å². The molecule has 0 bridgehead atoms. The zero-order chi connectivity index (χ0) is 16.9. The lowest BCUT2D eigenvalue weighted by Crippen LogP contribution is -2.22. The molecule has 0 aliphatic rings. The molecule has 0 saturated heterocycles. The number of aromatic nitrogens is 3. The molecule has 0 aliphatic carbocycles. The summed E-state index contributed by atoms with van der Waals surface area (Å²) in [5.74, 6) is 0.318. The number of nitro groups is 1. The van der Waals surface area contributed by atoms with Crippen LogP contribution in [0.25, 0.3) is 11.5 Å². The molecule has 0 atom stereocenters. The van der Waals surface area contributed by atoms with Gasteiger partial charge in [0.25, 0.3) is 17.1 Å². The largest absolute Gasteiger partial charge is 0.447 e. The summed E-state index contributed by atoms with van der Waals surface area (Å²) < 4.78 is 11.8. The van der Waals surface area contributed by atoms with Gasteiger partial charge in [-0.2, -0.15) is 0 Å². The zero-order valence-electron chi connectivity index (χ0n) is 12.4. The first-order valence-electron chi connectivity index (χ1n) is 7.00. The van der Waals surface area contributed by atoms with Gasteiger partial charge in [0.15, 0.2) is 0 Å². The highest BCUT2D eigenvalue weighted by Crippen LogP contribution is 2.20. The summed E-state index contributed by atoms with van der Waals surface area (Å²) in [7, 11) is 0. The molecule has 2 heterocycles. The molecule has 24 heavy (non-hydrogen) atoms. The van der Waals surface area contributed by atoms with Gasteiger partial charge >= 0.3 is 6.08 Å². The van der Waals surface area contributed by atoms with E-state index in [1.54, 1.807) is 0 Å². The van der Waals surface area contributed by atoms with Crippen molar-refractivity contribution in [1.82, 2.24) is 14.8 Å². The first kappa shape index (κ1) is 15.4. The maximum atomic E-state index is 11.7.